The van der Waals surface area contributed by atoms with Crippen molar-refractivity contribution in [1.82, 2.24) is 0 Å². The first-order valence-corrected chi connectivity index (χ1v) is 6.32. The van der Waals surface area contributed by atoms with E-state index in [1.54, 1.807) is 7.11 Å². The number of benzene rings is 1. The zero-order chi connectivity index (χ0) is 13.9. The Morgan fingerprint density at radius 2 is 1.95 bits per heavy atom. The van der Waals surface area contributed by atoms with Crippen LogP contribution in [-0.2, 0) is 20.8 Å². The molecule has 0 spiro atoms. The third kappa shape index (κ3) is 6.91. The Labute approximate surface area is 114 Å². The summed E-state index contributed by atoms with van der Waals surface area (Å²) in [6.07, 6.45) is 0.900. The molecule has 5 heteroatoms. The van der Waals surface area contributed by atoms with E-state index >= 15 is 0 Å². The molecule has 1 aromatic carbocycles. The third-order valence-corrected chi connectivity index (χ3v) is 2.52. The fourth-order valence-corrected chi connectivity index (χ4v) is 1.54. The van der Waals surface area contributed by atoms with E-state index in [4.69, 9.17) is 25.4 Å². The van der Waals surface area contributed by atoms with Gasteiger partial charge in [0.25, 0.3) is 0 Å². The van der Waals surface area contributed by atoms with Crippen LogP contribution in [0.4, 0.5) is 0 Å². The summed E-state index contributed by atoms with van der Waals surface area (Å²) in [6, 6.07) is 7.50. The minimum atomic E-state index is 0.0725. The maximum absolute atomic E-state index is 7.36. The van der Waals surface area contributed by atoms with Crippen LogP contribution in [0.5, 0.6) is 0 Å². The lowest BCUT2D eigenvalue weighted by molar-refractivity contribution is 0.0337. The summed E-state index contributed by atoms with van der Waals surface area (Å²) in [6.45, 7) is 3.05. The van der Waals surface area contributed by atoms with Gasteiger partial charge < -0.3 is 19.9 Å². The van der Waals surface area contributed by atoms with E-state index in [2.05, 4.69) is 0 Å². The van der Waals surface area contributed by atoms with Crippen LogP contribution in [0, 0.1) is 5.41 Å². The van der Waals surface area contributed by atoms with Gasteiger partial charge in [-0.2, -0.15) is 0 Å². The monoisotopic (exact) mass is 266 g/mol. The molecule has 0 fully saturated rings. The highest BCUT2D eigenvalue weighted by atomic mass is 16.5. The van der Waals surface area contributed by atoms with Crippen LogP contribution in [0.3, 0.4) is 0 Å². The maximum Gasteiger partial charge on any atom is 0.122 e. The molecule has 0 saturated heterocycles. The number of ether oxygens (including phenoxy) is 3. The van der Waals surface area contributed by atoms with Crippen molar-refractivity contribution in [3.05, 3.63) is 35.4 Å². The van der Waals surface area contributed by atoms with Crippen LogP contribution in [0.2, 0.25) is 0 Å². The molecule has 0 aliphatic heterocycles. The molecule has 106 valence electrons. The molecule has 1 rings (SSSR count). The largest absolute Gasteiger partial charge is 0.385 e. The molecular formula is C14H22N2O3. The summed E-state index contributed by atoms with van der Waals surface area (Å²) in [5, 5.41) is 7.36. The molecule has 19 heavy (non-hydrogen) atoms. The number of amidine groups is 1. The predicted molar refractivity (Wildman–Crippen MR) is 74.4 cm³/mol. The van der Waals surface area contributed by atoms with E-state index < -0.39 is 0 Å². The average molecular weight is 266 g/mol. The molecule has 3 N–H and O–H groups in total. The van der Waals surface area contributed by atoms with E-state index in [9.17, 15) is 0 Å². The van der Waals surface area contributed by atoms with Gasteiger partial charge in [-0.05, 0) is 18.1 Å². The Hall–Kier alpha value is -1.43. The molecule has 0 bridgehead atoms. The highest BCUT2D eigenvalue weighted by Gasteiger charge is 1.99. The first-order chi connectivity index (χ1) is 9.24. The van der Waals surface area contributed by atoms with Gasteiger partial charge in [0.15, 0.2) is 0 Å². The van der Waals surface area contributed by atoms with Gasteiger partial charge in [0.2, 0.25) is 0 Å². The van der Waals surface area contributed by atoms with E-state index in [0.29, 0.717) is 26.4 Å². The molecule has 0 aromatic heterocycles. The Kier molecular flexibility index (Phi) is 7.81. The molecule has 1 aromatic rings. The van der Waals surface area contributed by atoms with Crippen molar-refractivity contribution in [2.75, 3.05) is 33.5 Å². The van der Waals surface area contributed by atoms with Crippen molar-refractivity contribution in [2.24, 2.45) is 5.73 Å². The Bertz CT molecular complexity index is 383. The smallest absolute Gasteiger partial charge is 0.122 e. The zero-order valence-electron chi connectivity index (χ0n) is 11.4. The number of nitrogens with one attached hydrogen (secondary N) is 1. The first kappa shape index (κ1) is 15.6. The minimum absolute atomic E-state index is 0.0725. The lowest BCUT2D eigenvalue weighted by Gasteiger charge is -2.07. The maximum atomic E-state index is 7.36. The SMILES string of the molecule is COCCCOCCOCc1cccc(C(=N)N)c1. The van der Waals surface area contributed by atoms with Crippen LogP contribution < -0.4 is 5.73 Å². The summed E-state index contributed by atoms with van der Waals surface area (Å²) < 4.78 is 15.8. The molecule has 0 saturated carbocycles. The van der Waals surface area contributed by atoms with Gasteiger partial charge in [0.1, 0.15) is 5.84 Å². The third-order valence-electron chi connectivity index (χ3n) is 2.52. The van der Waals surface area contributed by atoms with E-state index in [-0.39, 0.29) is 5.84 Å². The van der Waals surface area contributed by atoms with Crippen LogP contribution in [0.25, 0.3) is 0 Å². The summed E-state index contributed by atoms with van der Waals surface area (Å²) in [4.78, 5) is 0. The number of methoxy groups -OCH3 is 1. The second-order valence-corrected chi connectivity index (χ2v) is 4.13. The zero-order valence-corrected chi connectivity index (χ0v) is 11.4. The van der Waals surface area contributed by atoms with E-state index in [1.807, 2.05) is 24.3 Å². The van der Waals surface area contributed by atoms with E-state index in [1.165, 1.54) is 0 Å². The average Bonchev–Trinajstić information content (AvgIpc) is 2.42. The van der Waals surface area contributed by atoms with Gasteiger partial charge in [-0.1, -0.05) is 18.2 Å². The lowest BCUT2D eigenvalue weighted by Crippen LogP contribution is -2.11. The topological polar surface area (TPSA) is 77.6 Å². The highest BCUT2D eigenvalue weighted by molar-refractivity contribution is 5.95. The van der Waals surface area contributed by atoms with Gasteiger partial charge in [-0.3, -0.25) is 5.41 Å². The van der Waals surface area contributed by atoms with Crippen LogP contribution in [-0.4, -0.2) is 39.4 Å². The van der Waals surface area contributed by atoms with Gasteiger partial charge in [0, 0.05) is 25.9 Å². The molecule has 0 radical (unpaired) electrons. The second-order valence-electron chi connectivity index (χ2n) is 4.13. The minimum Gasteiger partial charge on any atom is -0.385 e. The molecule has 0 amide bonds. The van der Waals surface area contributed by atoms with Gasteiger partial charge in [-0.25, -0.2) is 0 Å². The van der Waals surface area contributed by atoms with Gasteiger partial charge >= 0.3 is 0 Å². The van der Waals surface area contributed by atoms with Crippen molar-refractivity contribution in [1.29, 1.82) is 5.41 Å². The Balaban J connectivity index is 2.12. The lowest BCUT2D eigenvalue weighted by atomic mass is 10.1. The number of hydrogen-bond acceptors (Lipinski definition) is 4. The summed E-state index contributed by atoms with van der Waals surface area (Å²) >= 11 is 0. The highest BCUT2D eigenvalue weighted by Crippen LogP contribution is 2.06. The molecule has 0 aliphatic carbocycles. The molecule has 0 aliphatic rings. The van der Waals surface area contributed by atoms with Crippen molar-refractivity contribution in [2.45, 2.75) is 13.0 Å². The fourth-order valence-electron chi connectivity index (χ4n) is 1.54. The Morgan fingerprint density at radius 1 is 1.16 bits per heavy atom. The van der Waals surface area contributed by atoms with Crippen LogP contribution in [0.15, 0.2) is 24.3 Å². The van der Waals surface area contributed by atoms with Crippen molar-refractivity contribution >= 4 is 5.84 Å². The van der Waals surface area contributed by atoms with Crippen LogP contribution >= 0.6 is 0 Å². The normalized spacial score (nSPS) is 10.6. The van der Waals surface area contributed by atoms with Crippen molar-refractivity contribution < 1.29 is 14.2 Å². The molecule has 0 atom stereocenters. The standard InChI is InChI=1S/C14H22N2O3/c1-17-6-3-7-18-8-9-19-11-12-4-2-5-13(10-12)14(15)16/h2,4-5,10H,3,6-9,11H2,1H3,(H3,15,16). The number of nitrogen functional groups attached to an aromatic ring is 1. The summed E-state index contributed by atoms with van der Waals surface area (Å²) in [7, 11) is 1.68. The number of nitrogens with two attached hydrogens (primary N) is 1. The van der Waals surface area contributed by atoms with Crippen molar-refractivity contribution in [3.8, 4) is 0 Å². The summed E-state index contributed by atoms with van der Waals surface area (Å²) in [5.41, 5.74) is 7.16. The molecule has 0 unspecified atom stereocenters. The predicted octanol–water partition coefficient (Wildman–Crippen LogP) is 1.54. The Morgan fingerprint density at radius 3 is 2.68 bits per heavy atom. The second kappa shape index (κ2) is 9.49. The van der Waals surface area contributed by atoms with Crippen LogP contribution in [0.1, 0.15) is 17.5 Å². The van der Waals surface area contributed by atoms with Crippen molar-refractivity contribution in [3.63, 3.8) is 0 Å². The molecule has 5 nitrogen and oxygen atoms in total. The van der Waals surface area contributed by atoms with E-state index in [0.717, 1.165) is 24.2 Å². The first-order valence-electron chi connectivity index (χ1n) is 6.32. The summed E-state index contributed by atoms with van der Waals surface area (Å²) in [5.74, 6) is 0.0725. The molecule has 0 heterocycles. The van der Waals surface area contributed by atoms with Gasteiger partial charge in [0.05, 0.1) is 19.8 Å². The number of hydrogen-bond donors (Lipinski definition) is 2. The number of rotatable bonds is 10. The molecular weight excluding hydrogens is 244 g/mol. The fraction of sp³-hybridized carbons (Fsp3) is 0.500. The van der Waals surface area contributed by atoms with Gasteiger partial charge in [-0.15, -0.1) is 0 Å². The quantitative estimate of drug-likeness (QED) is 0.382.